The largest absolute Gasteiger partial charge is 0.497 e. The van der Waals surface area contributed by atoms with Crippen molar-refractivity contribution in [2.75, 3.05) is 7.11 Å². The van der Waals surface area contributed by atoms with E-state index < -0.39 is 0 Å². The van der Waals surface area contributed by atoms with Gasteiger partial charge in [0.25, 0.3) is 0 Å². The van der Waals surface area contributed by atoms with Crippen LogP contribution >= 0.6 is 0 Å². The van der Waals surface area contributed by atoms with Crippen LogP contribution < -0.4 is 4.74 Å². The summed E-state index contributed by atoms with van der Waals surface area (Å²) in [6, 6.07) is 11.2. The highest BCUT2D eigenvalue weighted by molar-refractivity contribution is 6.03. The van der Waals surface area contributed by atoms with Gasteiger partial charge in [0.2, 0.25) is 5.91 Å². The highest BCUT2D eigenvalue weighted by Gasteiger charge is 2.34. The van der Waals surface area contributed by atoms with Crippen LogP contribution in [0, 0.1) is 0 Å². The molecule has 1 aliphatic rings. The molecule has 0 fully saturated rings. The smallest absolute Gasteiger partial charge is 0.243 e. The number of hydrogen-bond acceptors (Lipinski definition) is 4. The summed E-state index contributed by atoms with van der Waals surface area (Å²) in [7, 11) is 1.63. The Bertz CT molecular complexity index is 692. The molecule has 22 heavy (non-hydrogen) atoms. The standard InChI is InChI=1S/C17H18N2O3/c1-3-17(20)19-15(16-8-5-9-22-16)11-14(18-19)12-6-4-7-13(10-12)21-2/h4-10,15H,3,11H2,1-2H3/t15-/m0/s1. The van der Waals surface area contributed by atoms with Crippen molar-refractivity contribution in [2.45, 2.75) is 25.8 Å². The van der Waals surface area contributed by atoms with E-state index in [9.17, 15) is 4.79 Å². The molecule has 0 N–H and O–H groups in total. The Morgan fingerprint density at radius 1 is 1.41 bits per heavy atom. The van der Waals surface area contributed by atoms with Gasteiger partial charge in [-0.2, -0.15) is 5.10 Å². The molecule has 0 saturated heterocycles. The van der Waals surface area contributed by atoms with Crippen molar-refractivity contribution in [3.05, 3.63) is 54.0 Å². The van der Waals surface area contributed by atoms with Crippen LogP contribution in [0.15, 0.2) is 52.2 Å². The van der Waals surface area contributed by atoms with Gasteiger partial charge in [-0.1, -0.05) is 19.1 Å². The zero-order valence-corrected chi connectivity index (χ0v) is 12.7. The monoisotopic (exact) mass is 298 g/mol. The van der Waals surface area contributed by atoms with Crippen LogP contribution in [0.25, 0.3) is 0 Å². The number of nitrogens with zero attached hydrogens (tertiary/aromatic N) is 2. The molecule has 0 radical (unpaired) electrons. The van der Waals surface area contributed by atoms with Gasteiger partial charge in [0.05, 0.1) is 19.1 Å². The Balaban J connectivity index is 1.94. The average Bonchev–Trinajstić information content (AvgIpc) is 3.23. The minimum absolute atomic E-state index is 0.0145. The number of carbonyl (C=O) groups excluding carboxylic acids is 1. The molecule has 0 spiro atoms. The van der Waals surface area contributed by atoms with Gasteiger partial charge >= 0.3 is 0 Å². The number of carbonyl (C=O) groups is 1. The molecule has 1 aromatic heterocycles. The molecule has 1 atom stereocenters. The molecule has 0 unspecified atom stereocenters. The summed E-state index contributed by atoms with van der Waals surface area (Å²) in [6.45, 7) is 1.83. The molecule has 3 rings (SSSR count). The van der Waals surface area contributed by atoms with Crippen LogP contribution in [-0.4, -0.2) is 23.7 Å². The molecule has 0 saturated carbocycles. The molecule has 114 valence electrons. The highest BCUT2D eigenvalue weighted by Crippen LogP contribution is 2.33. The van der Waals surface area contributed by atoms with Gasteiger partial charge in [-0.05, 0) is 24.3 Å². The van der Waals surface area contributed by atoms with E-state index in [0.29, 0.717) is 12.8 Å². The molecule has 1 aromatic carbocycles. The molecular weight excluding hydrogens is 280 g/mol. The van der Waals surface area contributed by atoms with Crippen molar-refractivity contribution in [3.63, 3.8) is 0 Å². The number of hydrazone groups is 1. The second-order valence-corrected chi connectivity index (χ2v) is 5.11. The first-order chi connectivity index (χ1) is 10.7. The number of furan rings is 1. The molecule has 2 heterocycles. The summed E-state index contributed by atoms with van der Waals surface area (Å²) in [5.74, 6) is 1.51. The van der Waals surface area contributed by atoms with Crippen LogP contribution in [0.5, 0.6) is 5.75 Å². The van der Waals surface area contributed by atoms with Crippen molar-refractivity contribution in [1.82, 2.24) is 5.01 Å². The number of ether oxygens (including phenoxy) is 1. The maximum Gasteiger partial charge on any atom is 0.243 e. The predicted molar refractivity (Wildman–Crippen MR) is 82.7 cm³/mol. The lowest BCUT2D eigenvalue weighted by molar-refractivity contribution is -0.133. The van der Waals surface area contributed by atoms with Crippen molar-refractivity contribution in [3.8, 4) is 5.75 Å². The van der Waals surface area contributed by atoms with Gasteiger partial charge < -0.3 is 9.15 Å². The lowest BCUT2D eigenvalue weighted by Crippen LogP contribution is -2.25. The van der Waals surface area contributed by atoms with Gasteiger partial charge in [-0.3, -0.25) is 4.79 Å². The third-order valence-corrected chi connectivity index (χ3v) is 3.74. The minimum Gasteiger partial charge on any atom is -0.497 e. The van der Waals surface area contributed by atoms with Gasteiger partial charge in [-0.25, -0.2) is 5.01 Å². The van der Waals surface area contributed by atoms with Crippen LogP contribution in [0.2, 0.25) is 0 Å². The highest BCUT2D eigenvalue weighted by atomic mass is 16.5. The van der Waals surface area contributed by atoms with Crippen LogP contribution in [-0.2, 0) is 4.79 Å². The molecule has 1 amide bonds. The fraction of sp³-hybridized carbons (Fsp3) is 0.294. The van der Waals surface area contributed by atoms with Gasteiger partial charge in [-0.15, -0.1) is 0 Å². The van der Waals surface area contributed by atoms with Crippen LogP contribution in [0.3, 0.4) is 0 Å². The minimum atomic E-state index is -0.177. The van der Waals surface area contributed by atoms with Gasteiger partial charge in [0.1, 0.15) is 17.6 Å². The Morgan fingerprint density at radius 2 is 2.27 bits per heavy atom. The van der Waals surface area contributed by atoms with Crippen LogP contribution in [0.4, 0.5) is 0 Å². The SMILES string of the molecule is CCC(=O)N1N=C(c2cccc(OC)c2)C[C@H]1c1ccco1. The predicted octanol–water partition coefficient (Wildman–Crippen LogP) is 3.38. The summed E-state index contributed by atoms with van der Waals surface area (Å²) in [5, 5.41) is 6.06. The number of methoxy groups -OCH3 is 1. The molecule has 1 aliphatic heterocycles. The van der Waals surface area contributed by atoms with E-state index in [2.05, 4.69) is 5.10 Å². The van der Waals surface area contributed by atoms with Crippen molar-refractivity contribution >= 4 is 11.6 Å². The zero-order valence-electron chi connectivity index (χ0n) is 12.7. The summed E-state index contributed by atoms with van der Waals surface area (Å²) in [5.41, 5.74) is 1.82. The van der Waals surface area contributed by atoms with E-state index in [-0.39, 0.29) is 11.9 Å². The first-order valence-electron chi connectivity index (χ1n) is 7.30. The fourth-order valence-corrected chi connectivity index (χ4v) is 2.58. The summed E-state index contributed by atoms with van der Waals surface area (Å²) in [6.07, 6.45) is 2.66. The average molecular weight is 298 g/mol. The van der Waals surface area contributed by atoms with E-state index >= 15 is 0 Å². The number of benzene rings is 1. The molecular formula is C17H18N2O3. The van der Waals surface area contributed by atoms with Crippen molar-refractivity contribution in [1.29, 1.82) is 0 Å². The summed E-state index contributed by atoms with van der Waals surface area (Å²) >= 11 is 0. The van der Waals surface area contributed by atoms with E-state index in [1.54, 1.807) is 13.4 Å². The van der Waals surface area contributed by atoms with Crippen LogP contribution in [0.1, 0.15) is 37.1 Å². The second-order valence-electron chi connectivity index (χ2n) is 5.11. The first kappa shape index (κ1) is 14.4. The molecule has 0 bridgehead atoms. The quantitative estimate of drug-likeness (QED) is 0.869. The third kappa shape index (κ3) is 2.62. The summed E-state index contributed by atoms with van der Waals surface area (Å²) in [4.78, 5) is 12.2. The van der Waals surface area contributed by atoms with Gasteiger partial charge in [0.15, 0.2) is 0 Å². The lowest BCUT2D eigenvalue weighted by Gasteiger charge is -2.18. The molecule has 5 nitrogen and oxygen atoms in total. The first-order valence-corrected chi connectivity index (χ1v) is 7.30. The summed E-state index contributed by atoms with van der Waals surface area (Å²) < 4.78 is 10.7. The Labute approximate surface area is 129 Å². The number of hydrogen-bond donors (Lipinski definition) is 0. The normalized spacial score (nSPS) is 17.5. The third-order valence-electron chi connectivity index (χ3n) is 3.74. The van der Waals surface area contributed by atoms with E-state index in [0.717, 1.165) is 22.8 Å². The topological polar surface area (TPSA) is 55.0 Å². The Hall–Kier alpha value is -2.56. The molecule has 0 aliphatic carbocycles. The van der Waals surface area contributed by atoms with Crippen molar-refractivity contribution < 1.29 is 13.9 Å². The zero-order chi connectivity index (χ0) is 15.5. The number of amides is 1. The van der Waals surface area contributed by atoms with Crippen molar-refractivity contribution in [2.24, 2.45) is 5.10 Å². The maximum atomic E-state index is 12.2. The molecule has 5 heteroatoms. The lowest BCUT2D eigenvalue weighted by atomic mass is 10.0. The van der Waals surface area contributed by atoms with E-state index in [4.69, 9.17) is 9.15 Å². The molecule has 2 aromatic rings. The fourth-order valence-electron chi connectivity index (χ4n) is 2.58. The van der Waals surface area contributed by atoms with Gasteiger partial charge in [0, 0.05) is 18.4 Å². The Morgan fingerprint density at radius 3 is 2.95 bits per heavy atom. The Kier molecular flexibility index (Phi) is 3.96. The second kappa shape index (κ2) is 6.05. The number of rotatable bonds is 4. The van der Waals surface area contributed by atoms with E-state index in [1.165, 1.54) is 5.01 Å². The maximum absolute atomic E-state index is 12.2. The van der Waals surface area contributed by atoms with E-state index in [1.807, 2.05) is 43.3 Å².